The first-order chi connectivity index (χ1) is 11.5. The van der Waals surface area contributed by atoms with Gasteiger partial charge >= 0.3 is 0 Å². The highest BCUT2D eigenvalue weighted by molar-refractivity contribution is 7.93. The lowest BCUT2D eigenvalue weighted by Crippen LogP contribution is -2.14. The zero-order valence-electron chi connectivity index (χ0n) is 12.3. The average molecular weight is 340 g/mol. The van der Waals surface area contributed by atoms with Gasteiger partial charge in [-0.25, -0.2) is 8.42 Å². The Morgan fingerprint density at radius 3 is 2.58 bits per heavy atom. The van der Waals surface area contributed by atoms with Crippen molar-refractivity contribution >= 4 is 37.6 Å². The van der Waals surface area contributed by atoms with Crippen molar-refractivity contribution in [1.82, 2.24) is 4.98 Å². The molecule has 0 aliphatic rings. The Morgan fingerprint density at radius 1 is 0.917 bits per heavy atom. The Bertz CT molecular complexity index is 1220. The standard InChI is InChI=1S/C17H12N2O4S/c20-15-8-7-11-3-1-5-13(16(11)18-15)19-24(21,22)14-6-2-4-12-9-10-23-17(12)14/h1-10,19H,(H,18,20). The van der Waals surface area contributed by atoms with Gasteiger partial charge in [-0.15, -0.1) is 0 Å². The number of nitrogens with one attached hydrogen (secondary N) is 2. The van der Waals surface area contributed by atoms with Crippen LogP contribution in [0.5, 0.6) is 0 Å². The molecule has 2 heterocycles. The van der Waals surface area contributed by atoms with Crippen LogP contribution in [-0.2, 0) is 10.0 Å². The summed E-state index contributed by atoms with van der Waals surface area (Å²) in [5, 5.41) is 1.43. The fourth-order valence-corrected chi connectivity index (χ4v) is 3.88. The summed E-state index contributed by atoms with van der Waals surface area (Å²) >= 11 is 0. The number of fused-ring (bicyclic) bond motifs is 2. The lowest BCUT2D eigenvalue weighted by Gasteiger charge is -2.10. The molecule has 0 aliphatic heterocycles. The predicted octanol–water partition coefficient (Wildman–Crippen LogP) is 3.08. The van der Waals surface area contributed by atoms with Crippen LogP contribution >= 0.6 is 0 Å². The fourth-order valence-electron chi connectivity index (χ4n) is 2.64. The lowest BCUT2D eigenvalue weighted by atomic mass is 10.2. The van der Waals surface area contributed by atoms with E-state index < -0.39 is 10.0 Å². The van der Waals surface area contributed by atoms with Gasteiger partial charge < -0.3 is 9.40 Å². The quantitative estimate of drug-likeness (QED) is 0.599. The third kappa shape index (κ3) is 2.35. The molecular formula is C17H12N2O4S. The molecule has 0 radical (unpaired) electrons. The van der Waals surface area contributed by atoms with Gasteiger partial charge in [0.05, 0.1) is 17.5 Å². The summed E-state index contributed by atoms with van der Waals surface area (Å²) in [7, 11) is -3.88. The summed E-state index contributed by atoms with van der Waals surface area (Å²) in [6.07, 6.45) is 1.44. The molecule has 0 amide bonds. The third-order valence-corrected chi connectivity index (χ3v) is 5.12. The van der Waals surface area contributed by atoms with Gasteiger partial charge in [-0.05, 0) is 24.3 Å². The second-order valence-corrected chi connectivity index (χ2v) is 6.94. The maximum Gasteiger partial charge on any atom is 0.265 e. The van der Waals surface area contributed by atoms with Crippen molar-refractivity contribution in [2.45, 2.75) is 4.90 Å². The second kappa shape index (κ2) is 5.24. The molecule has 0 saturated carbocycles. The van der Waals surface area contributed by atoms with E-state index in [4.69, 9.17) is 4.42 Å². The van der Waals surface area contributed by atoms with Crippen LogP contribution < -0.4 is 10.3 Å². The summed E-state index contributed by atoms with van der Waals surface area (Å²) in [4.78, 5) is 14.3. The van der Waals surface area contributed by atoms with E-state index in [1.165, 1.54) is 18.4 Å². The number of aromatic amines is 1. The number of hydrogen-bond acceptors (Lipinski definition) is 4. The van der Waals surface area contributed by atoms with Crippen molar-refractivity contribution < 1.29 is 12.8 Å². The number of H-pyrrole nitrogens is 1. The van der Waals surface area contributed by atoms with Crippen LogP contribution in [0.15, 0.2) is 75.0 Å². The van der Waals surface area contributed by atoms with Crippen molar-refractivity contribution in [3.05, 3.63) is 71.2 Å². The average Bonchev–Trinajstić information content (AvgIpc) is 3.03. The van der Waals surface area contributed by atoms with E-state index in [0.29, 0.717) is 22.2 Å². The summed E-state index contributed by atoms with van der Waals surface area (Å²) in [5.74, 6) is 0. The highest BCUT2D eigenvalue weighted by atomic mass is 32.2. The Kier molecular flexibility index (Phi) is 3.17. The minimum absolute atomic E-state index is 0.0419. The van der Waals surface area contributed by atoms with Gasteiger partial charge in [-0.1, -0.05) is 24.3 Å². The first-order valence-electron chi connectivity index (χ1n) is 7.16. The summed E-state index contributed by atoms with van der Waals surface area (Å²) in [5.41, 5.74) is 0.718. The molecule has 4 aromatic rings. The zero-order chi connectivity index (χ0) is 16.7. The number of furan rings is 1. The Hall–Kier alpha value is -3.06. The van der Waals surface area contributed by atoms with Crippen LogP contribution in [0.2, 0.25) is 0 Å². The van der Waals surface area contributed by atoms with Crippen LogP contribution in [0.3, 0.4) is 0 Å². The van der Waals surface area contributed by atoms with E-state index in [2.05, 4.69) is 9.71 Å². The van der Waals surface area contributed by atoms with Gasteiger partial charge in [0.25, 0.3) is 10.0 Å². The van der Waals surface area contributed by atoms with Crippen molar-refractivity contribution in [3.63, 3.8) is 0 Å². The van der Waals surface area contributed by atoms with Gasteiger partial charge in [-0.3, -0.25) is 9.52 Å². The largest absolute Gasteiger partial charge is 0.463 e. The van der Waals surface area contributed by atoms with Gasteiger partial charge in [0.2, 0.25) is 5.56 Å². The third-order valence-electron chi connectivity index (χ3n) is 3.74. The molecule has 0 atom stereocenters. The van der Waals surface area contributed by atoms with Gasteiger partial charge in [0, 0.05) is 16.8 Å². The van der Waals surface area contributed by atoms with Gasteiger partial charge in [0.15, 0.2) is 5.58 Å². The van der Waals surface area contributed by atoms with Crippen LogP contribution in [0.1, 0.15) is 0 Å². The van der Waals surface area contributed by atoms with Gasteiger partial charge in [0.1, 0.15) is 4.90 Å². The zero-order valence-corrected chi connectivity index (χ0v) is 13.1. The summed E-state index contributed by atoms with van der Waals surface area (Å²) in [6.45, 7) is 0. The first kappa shape index (κ1) is 14.5. The minimum atomic E-state index is -3.88. The molecule has 7 heteroatoms. The number of benzene rings is 2. The monoisotopic (exact) mass is 340 g/mol. The first-order valence-corrected chi connectivity index (χ1v) is 8.64. The number of aromatic nitrogens is 1. The van der Waals surface area contributed by atoms with E-state index in [0.717, 1.165) is 5.39 Å². The molecular weight excluding hydrogens is 328 g/mol. The van der Waals surface area contributed by atoms with Crippen molar-refractivity contribution in [1.29, 1.82) is 0 Å². The SMILES string of the molecule is O=c1ccc2cccc(NS(=O)(=O)c3cccc4ccoc34)c2[nH]1. The molecule has 4 rings (SSSR count). The highest BCUT2D eigenvalue weighted by Gasteiger charge is 2.20. The molecule has 0 aliphatic carbocycles. The van der Waals surface area contributed by atoms with E-state index >= 15 is 0 Å². The van der Waals surface area contributed by atoms with Crippen molar-refractivity contribution in [3.8, 4) is 0 Å². The smallest absolute Gasteiger partial charge is 0.265 e. The number of para-hydroxylation sites is 2. The maximum absolute atomic E-state index is 12.8. The molecule has 0 saturated heterocycles. The van der Waals surface area contributed by atoms with E-state index in [9.17, 15) is 13.2 Å². The number of sulfonamides is 1. The molecule has 0 fully saturated rings. The number of anilines is 1. The van der Waals surface area contributed by atoms with E-state index in [-0.39, 0.29) is 10.5 Å². The summed E-state index contributed by atoms with van der Waals surface area (Å²) in [6, 6.07) is 14.7. The van der Waals surface area contributed by atoms with Crippen LogP contribution in [0.4, 0.5) is 5.69 Å². The molecule has 0 spiro atoms. The molecule has 2 aromatic heterocycles. The maximum atomic E-state index is 12.8. The van der Waals surface area contributed by atoms with Crippen molar-refractivity contribution in [2.75, 3.05) is 4.72 Å². The Balaban J connectivity index is 1.87. The van der Waals surface area contributed by atoms with Crippen LogP contribution in [0.25, 0.3) is 21.9 Å². The molecule has 120 valence electrons. The molecule has 0 bridgehead atoms. The second-order valence-electron chi connectivity index (χ2n) is 5.29. The summed E-state index contributed by atoms with van der Waals surface area (Å²) < 4.78 is 33.4. The topological polar surface area (TPSA) is 92.2 Å². The molecule has 24 heavy (non-hydrogen) atoms. The Morgan fingerprint density at radius 2 is 1.71 bits per heavy atom. The van der Waals surface area contributed by atoms with E-state index in [1.807, 2.05) is 0 Å². The molecule has 2 N–H and O–H groups in total. The Labute approximate surface area is 136 Å². The van der Waals surface area contributed by atoms with Crippen LogP contribution in [-0.4, -0.2) is 13.4 Å². The van der Waals surface area contributed by atoms with Crippen molar-refractivity contribution in [2.24, 2.45) is 0 Å². The lowest BCUT2D eigenvalue weighted by molar-refractivity contribution is 0.588. The number of pyridine rings is 1. The fraction of sp³-hybridized carbons (Fsp3) is 0. The number of hydrogen-bond donors (Lipinski definition) is 2. The molecule has 6 nitrogen and oxygen atoms in total. The normalized spacial score (nSPS) is 11.8. The van der Waals surface area contributed by atoms with Gasteiger partial charge in [-0.2, -0.15) is 0 Å². The molecule has 0 unspecified atom stereocenters. The predicted molar refractivity (Wildman–Crippen MR) is 91.6 cm³/mol. The highest BCUT2D eigenvalue weighted by Crippen LogP contribution is 2.27. The minimum Gasteiger partial charge on any atom is -0.463 e. The van der Waals surface area contributed by atoms with Crippen LogP contribution in [0, 0.1) is 0 Å². The van der Waals surface area contributed by atoms with E-state index in [1.54, 1.807) is 42.5 Å². The number of rotatable bonds is 3. The molecule has 2 aromatic carbocycles.